The molecule has 0 radical (unpaired) electrons. The third kappa shape index (κ3) is 3.57. The molecule has 0 saturated carbocycles. The number of carbonyl (C=O) groups excluding carboxylic acids is 1. The van der Waals surface area contributed by atoms with Gasteiger partial charge in [-0.15, -0.1) is 0 Å². The molecule has 7 nitrogen and oxygen atoms in total. The molecular weight excluding hydrogens is 259 g/mol. The van der Waals surface area contributed by atoms with Crippen LogP contribution in [0.4, 0.5) is 19.1 Å². The predicted octanol–water partition coefficient (Wildman–Crippen LogP) is -0.102. The van der Waals surface area contributed by atoms with Crippen LogP contribution < -0.4 is 10.9 Å². The van der Waals surface area contributed by atoms with Crippen molar-refractivity contribution in [3.05, 3.63) is 22.1 Å². The van der Waals surface area contributed by atoms with Crippen molar-refractivity contribution in [2.24, 2.45) is 0 Å². The van der Waals surface area contributed by atoms with Gasteiger partial charge in [-0.3, -0.25) is 24.7 Å². The lowest BCUT2D eigenvalue weighted by Gasteiger charge is -2.06. The number of aromatic nitrogens is 2. The molecule has 10 heteroatoms. The van der Waals surface area contributed by atoms with Gasteiger partial charge in [-0.25, -0.2) is 4.98 Å². The van der Waals surface area contributed by atoms with Gasteiger partial charge in [0.2, 0.25) is 5.95 Å². The van der Waals surface area contributed by atoms with Gasteiger partial charge in [0.25, 0.3) is 5.56 Å². The fourth-order valence-electron chi connectivity index (χ4n) is 0.952. The number of carboxylic acid groups (broad SMARTS) is 1. The Bertz CT molecular complexity index is 537. The van der Waals surface area contributed by atoms with E-state index in [-0.39, 0.29) is 5.56 Å². The molecule has 0 bridgehead atoms. The number of nitrogens with one attached hydrogen (secondary N) is 2. The number of halogens is 3. The van der Waals surface area contributed by atoms with E-state index in [1.165, 1.54) is 5.32 Å². The van der Waals surface area contributed by atoms with Crippen molar-refractivity contribution in [3.8, 4) is 0 Å². The molecule has 0 spiro atoms. The number of rotatable bonds is 3. The monoisotopic (exact) mass is 265 g/mol. The van der Waals surface area contributed by atoms with E-state index in [0.717, 1.165) is 6.20 Å². The zero-order chi connectivity index (χ0) is 13.9. The second-order valence-corrected chi connectivity index (χ2v) is 3.11. The lowest BCUT2D eigenvalue weighted by molar-refractivity contribution is -0.167. The number of alkyl halides is 3. The van der Waals surface area contributed by atoms with Crippen LogP contribution in [0, 0.1) is 0 Å². The summed E-state index contributed by atoms with van der Waals surface area (Å²) < 4.78 is 35.6. The highest BCUT2D eigenvalue weighted by molar-refractivity contribution is 5.93. The molecule has 0 unspecified atom stereocenters. The number of carbonyl (C=O) groups is 2. The molecule has 3 N–H and O–H groups in total. The average Bonchev–Trinajstić information content (AvgIpc) is 2.20. The second-order valence-electron chi connectivity index (χ2n) is 3.11. The summed E-state index contributed by atoms with van der Waals surface area (Å²) in [6.45, 7) is 0. The minimum Gasteiger partial charge on any atom is -0.481 e. The maximum atomic E-state index is 11.9. The van der Waals surface area contributed by atoms with E-state index in [2.05, 4.69) is 4.98 Å². The highest BCUT2D eigenvalue weighted by Gasteiger charge is 2.39. The standard InChI is InChI=1S/C8H6F3N3O4/c9-8(10,11)6(18)14-7-12-2-3(1-4(15)16)5(17)13-7/h2H,1H2,(H,15,16)(H2,12,13,14,17,18). The highest BCUT2D eigenvalue weighted by Crippen LogP contribution is 2.16. The SMILES string of the molecule is O=C(O)Cc1cnc(NC(=O)C(F)(F)F)[nH]c1=O. The summed E-state index contributed by atoms with van der Waals surface area (Å²) in [6, 6.07) is 0. The highest BCUT2D eigenvalue weighted by atomic mass is 19.4. The van der Waals surface area contributed by atoms with Crippen LogP contribution in [0.2, 0.25) is 0 Å². The van der Waals surface area contributed by atoms with E-state index in [1.807, 2.05) is 4.98 Å². The third-order valence-corrected chi connectivity index (χ3v) is 1.70. The lowest BCUT2D eigenvalue weighted by Crippen LogP contribution is -2.31. The summed E-state index contributed by atoms with van der Waals surface area (Å²) in [6.07, 6.45) is -4.97. The number of hydrogen-bond donors (Lipinski definition) is 3. The summed E-state index contributed by atoms with van der Waals surface area (Å²) in [7, 11) is 0. The largest absolute Gasteiger partial charge is 0.481 e. The van der Waals surface area contributed by atoms with E-state index in [4.69, 9.17) is 5.11 Å². The van der Waals surface area contributed by atoms with Crippen molar-refractivity contribution in [2.45, 2.75) is 12.6 Å². The van der Waals surface area contributed by atoms with Crippen LogP contribution in [0.3, 0.4) is 0 Å². The molecule has 1 aromatic rings. The van der Waals surface area contributed by atoms with Crippen LogP contribution in [-0.2, 0) is 16.0 Å². The smallest absolute Gasteiger partial charge is 0.471 e. The van der Waals surface area contributed by atoms with Crippen LogP contribution in [0.5, 0.6) is 0 Å². The number of aliphatic carboxylic acids is 1. The first-order valence-corrected chi connectivity index (χ1v) is 4.38. The summed E-state index contributed by atoms with van der Waals surface area (Å²) in [5.41, 5.74) is -1.18. The molecule has 0 aliphatic heterocycles. The number of carboxylic acids is 1. The quantitative estimate of drug-likeness (QED) is 0.706. The fraction of sp³-hybridized carbons (Fsp3) is 0.250. The van der Waals surface area contributed by atoms with Gasteiger partial charge in [-0.2, -0.15) is 13.2 Å². The Morgan fingerprint density at radius 3 is 2.50 bits per heavy atom. The summed E-state index contributed by atoms with van der Waals surface area (Å²) in [5.74, 6) is -4.30. The molecule has 1 aromatic heterocycles. The maximum absolute atomic E-state index is 11.9. The Kier molecular flexibility index (Phi) is 3.69. The van der Waals surface area contributed by atoms with E-state index in [0.29, 0.717) is 0 Å². The minimum absolute atomic E-state index is 0.243. The zero-order valence-electron chi connectivity index (χ0n) is 8.54. The number of nitrogens with zero attached hydrogens (tertiary/aromatic N) is 1. The van der Waals surface area contributed by atoms with E-state index >= 15 is 0 Å². The molecule has 0 atom stereocenters. The second kappa shape index (κ2) is 4.85. The van der Waals surface area contributed by atoms with Crippen molar-refractivity contribution >= 4 is 17.8 Å². The van der Waals surface area contributed by atoms with Crippen LogP contribution in [0.15, 0.2) is 11.0 Å². The van der Waals surface area contributed by atoms with Crippen LogP contribution in [0.1, 0.15) is 5.56 Å². The number of anilines is 1. The molecule has 0 aliphatic carbocycles. The van der Waals surface area contributed by atoms with Crippen molar-refractivity contribution in [2.75, 3.05) is 5.32 Å². The molecule has 0 aliphatic rings. The topological polar surface area (TPSA) is 112 Å². The maximum Gasteiger partial charge on any atom is 0.471 e. The van der Waals surface area contributed by atoms with Gasteiger partial charge in [0.05, 0.1) is 6.42 Å². The Labute approximate surface area is 96.7 Å². The fourth-order valence-corrected chi connectivity index (χ4v) is 0.952. The predicted molar refractivity (Wildman–Crippen MR) is 50.9 cm³/mol. The van der Waals surface area contributed by atoms with E-state index in [1.54, 1.807) is 0 Å². The zero-order valence-corrected chi connectivity index (χ0v) is 8.54. The van der Waals surface area contributed by atoms with Crippen LogP contribution in [0.25, 0.3) is 0 Å². The molecule has 0 aromatic carbocycles. The Hall–Kier alpha value is -2.39. The number of H-pyrrole nitrogens is 1. The first kappa shape index (κ1) is 13.7. The first-order chi connectivity index (χ1) is 8.20. The van der Waals surface area contributed by atoms with Gasteiger partial charge >= 0.3 is 18.1 Å². The molecule has 0 fully saturated rings. The summed E-state index contributed by atoms with van der Waals surface area (Å²) >= 11 is 0. The van der Waals surface area contributed by atoms with Gasteiger partial charge in [-0.05, 0) is 0 Å². The molecule has 1 rings (SSSR count). The van der Waals surface area contributed by atoms with Crippen LogP contribution in [-0.4, -0.2) is 33.1 Å². The molecule has 18 heavy (non-hydrogen) atoms. The Morgan fingerprint density at radius 2 is 2.06 bits per heavy atom. The van der Waals surface area contributed by atoms with E-state index in [9.17, 15) is 27.6 Å². The van der Waals surface area contributed by atoms with Gasteiger partial charge in [-0.1, -0.05) is 0 Å². The summed E-state index contributed by atoms with van der Waals surface area (Å²) in [5, 5.41) is 9.74. The first-order valence-electron chi connectivity index (χ1n) is 4.38. The van der Waals surface area contributed by atoms with Gasteiger partial charge in [0.1, 0.15) is 0 Å². The molecule has 1 amide bonds. The van der Waals surface area contributed by atoms with Gasteiger partial charge in [0.15, 0.2) is 0 Å². The molecule has 98 valence electrons. The van der Waals surface area contributed by atoms with Crippen molar-refractivity contribution in [3.63, 3.8) is 0 Å². The lowest BCUT2D eigenvalue weighted by atomic mass is 10.2. The van der Waals surface area contributed by atoms with Crippen LogP contribution >= 0.6 is 0 Å². The van der Waals surface area contributed by atoms with Crippen molar-refractivity contribution in [1.82, 2.24) is 9.97 Å². The van der Waals surface area contributed by atoms with Crippen molar-refractivity contribution in [1.29, 1.82) is 0 Å². The average molecular weight is 265 g/mol. The third-order valence-electron chi connectivity index (χ3n) is 1.70. The molecular formula is C8H6F3N3O4. The summed E-state index contributed by atoms with van der Waals surface area (Å²) in [4.78, 5) is 37.2. The number of amides is 1. The Balaban J connectivity index is 2.89. The number of hydrogen-bond acceptors (Lipinski definition) is 4. The Morgan fingerprint density at radius 1 is 1.44 bits per heavy atom. The van der Waals surface area contributed by atoms with Crippen molar-refractivity contribution < 1.29 is 27.9 Å². The molecule has 0 saturated heterocycles. The van der Waals surface area contributed by atoms with E-state index < -0.39 is 36.0 Å². The van der Waals surface area contributed by atoms with Gasteiger partial charge in [0, 0.05) is 11.8 Å². The van der Waals surface area contributed by atoms with Gasteiger partial charge < -0.3 is 5.11 Å². The number of aromatic amines is 1. The minimum atomic E-state index is -5.11. The normalized spacial score (nSPS) is 11.1. The molecule has 1 heterocycles.